The van der Waals surface area contributed by atoms with Gasteiger partial charge in [0, 0.05) is 23.2 Å². The number of aromatic nitrogens is 1. The standard InChI is InChI=1S/C25H20FN3O3S2/c26-22-8-1-2-9-23(22)29-34(31,32)21-13-11-19(12-14-21)25(30)28-20-7-5-6-18(16-20)17-33-24-10-3-4-15-27-24/h1-16,29H,17H2,(H,28,30). The fourth-order valence-electron chi connectivity index (χ4n) is 3.07. The van der Waals surface area contributed by atoms with E-state index in [-0.39, 0.29) is 22.1 Å². The molecule has 0 aliphatic heterocycles. The van der Waals surface area contributed by atoms with Crippen molar-refractivity contribution >= 4 is 39.1 Å². The van der Waals surface area contributed by atoms with Crippen LogP contribution in [-0.4, -0.2) is 19.3 Å². The van der Waals surface area contributed by atoms with Gasteiger partial charge in [-0.2, -0.15) is 0 Å². The molecule has 0 fully saturated rings. The maximum atomic E-state index is 13.8. The van der Waals surface area contributed by atoms with Crippen molar-refractivity contribution in [2.75, 3.05) is 10.0 Å². The van der Waals surface area contributed by atoms with E-state index >= 15 is 0 Å². The maximum absolute atomic E-state index is 13.8. The van der Waals surface area contributed by atoms with Gasteiger partial charge in [-0.05, 0) is 66.2 Å². The third-order valence-corrected chi connectivity index (χ3v) is 7.15. The third-order valence-electron chi connectivity index (χ3n) is 4.75. The summed E-state index contributed by atoms with van der Waals surface area (Å²) >= 11 is 1.59. The predicted molar refractivity (Wildman–Crippen MR) is 132 cm³/mol. The number of para-hydroxylation sites is 1. The lowest BCUT2D eigenvalue weighted by molar-refractivity contribution is 0.102. The van der Waals surface area contributed by atoms with E-state index in [0.29, 0.717) is 11.4 Å². The van der Waals surface area contributed by atoms with Crippen LogP contribution in [0.4, 0.5) is 15.8 Å². The van der Waals surface area contributed by atoms with Gasteiger partial charge in [-0.25, -0.2) is 17.8 Å². The van der Waals surface area contributed by atoms with Crippen molar-refractivity contribution in [3.8, 4) is 0 Å². The zero-order chi connectivity index (χ0) is 24.0. The highest BCUT2D eigenvalue weighted by molar-refractivity contribution is 7.98. The summed E-state index contributed by atoms with van der Waals surface area (Å²) in [6.07, 6.45) is 1.74. The normalized spacial score (nSPS) is 11.1. The molecule has 4 aromatic rings. The first kappa shape index (κ1) is 23.5. The van der Waals surface area contributed by atoms with Crippen LogP contribution in [0.3, 0.4) is 0 Å². The van der Waals surface area contributed by atoms with Crippen molar-refractivity contribution in [3.63, 3.8) is 0 Å². The highest BCUT2D eigenvalue weighted by Crippen LogP contribution is 2.23. The second-order valence-corrected chi connectivity index (χ2v) is 9.90. The minimum atomic E-state index is -4.00. The van der Waals surface area contributed by atoms with Crippen LogP contribution in [0.2, 0.25) is 0 Å². The number of pyridine rings is 1. The Labute approximate surface area is 201 Å². The number of thioether (sulfide) groups is 1. The largest absolute Gasteiger partial charge is 0.322 e. The summed E-state index contributed by atoms with van der Waals surface area (Å²) in [4.78, 5) is 16.9. The van der Waals surface area contributed by atoms with Gasteiger partial charge in [-0.3, -0.25) is 9.52 Å². The molecule has 1 heterocycles. The lowest BCUT2D eigenvalue weighted by Crippen LogP contribution is -2.15. The SMILES string of the molecule is O=C(Nc1cccc(CSc2ccccn2)c1)c1ccc(S(=O)(=O)Nc2ccccc2F)cc1. The predicted octanol–water partition coefficient (Wildman–Crippen LogP) is 5.57. The Kier molecular flexibility index (Phi) is 7.24. The number of amides is 1. The molecule has 2 N–H and O–H groups in total. The summed E-state index contributed by atoms with van der Waals surface area (Å²) in [5.41, 5.74) is 1.79. The average Bonchev–Trinajstić information content (AvgIpc) is 2.85. The number of rotatable bonds is 8. The van der Waals surface area contributed by atoms with Gasteiger partial charge in [0.15, 0.2) is 0 Å². The first-order valence-corrected chi connectivity index (χ1v) is 12.7. The van der Waals surface area contributed by atoms with Crippen molar-refractivity contribution in [1.82, 2.24) is 4.98 Å². The number of halogens is 1. The van der Waals surface area contributed by atoms with E-state index in [1.807, 2.05) is 36.4 Å². The number of anilines is 2. The van der Waals surface area contributed by atoms with Gasteiger partial charge in [-0.1, -0.05) is 30.3 Å². The van der Waals surface area contributed by atoms with E-state index in [1.165, 1.54) is 42.5 Å². The molecule has 0 aliphatic carbocycles. The van der Waals surface area contributed by atoms with Gasteiger partial charge in [0.2, 0.25) is 0 Å². The zero-order valence-electron chi connectivity index (χ0n) is 17.8. The molecule has 4 rings (SSSR count). The molecule has 0 bridgehead atoms. The van der Waals surface area contributed by atoms with E-state index in [2.05, 4.69) is 15.0 Å². The second-order valence-electron chi connectivity index (χ2n) is 7.22. The summed E-state index contributed by atoms with van der Waals surface area (Å²) < 4.78 is 41.1. The zero-order valence-corrected chi connectivity index (χ0v) is 19.4. The second kappa shape index (κ2) is 10.5. The lowest BCUT2D eigenvalue weighted by Gasteiger charge is -2.10. The van der Waals surface area contributed by atoms with Crippen LogP contribution in [0.5, 0.6) is 0 Å². The molecule has 0 aliphatic rings. The van der Waals surface area contributed by atoms with Gasteiger partial charge in [0.25, 0.3) is 15.9 Å². The van der Waals surface area contributed by atoms with E-state index < -0.39 is 15.8 Å². The molecule has 172 valence electrons. The average molecular weight is 494 g/mol. The number of sulfonamides is 1. The Morgan fingerprint density at radius 1 is 0.912 bits per heavy atom. The topological polar surface area (TPSA) is 88.2 Å². The van der Waals surface area contributed by atoms with Crippen LogP contribution in [0.1, 0.15) is 15.9 Å². The molecule has 1 amide bonds. The molecule has 0 radical (unpaired) electrons. The number of carbonyl (C=O) groups excluding carboxylic acids is 1. The Balaban J connectivity index is 1.40. The van der Waals surface area contributed by atoms with E-state index in [9.17, 15) is 17.6 Å². The molecule has 6 nitrogen and oxygen atoms in total. The molecule has 3 aromatic carbocycles. The molecule has 0 spiro atoms. The van der Waals surface area contributed by atoms with Crippen molar-refractivity contribution in [2.45, 2.75) is 15.7 Å². The van der Waals surface area contributed by atoms with Crippen LogP contribution >= 0.6 is 11.8 Å². The molecule has 0 saturated heterocycles. The molecule has 0 saturated carbocycles. The van der Waals surface area contributed by atoms with Crippen LogP contribution in [-0.2, 0) is 15.8 Å². The fourth-order valence-corrected chi connectivity index (χ4v) is 4.94. The van der Waals surface area contributed by atoms with Crippen LogP contribution in [0, 0.1) is 5.82 Å². The van der Waals surface area contributed by atoms with Crippen molar-refractivity contribution in [3.05, 3.63) is 114 Å². The Morgan fingerprint density at radius 3 is 2.41 bits per heavy atom. The number of benzene rings is 3. The highest BCUT2D eigenvalue weighted by atomic mass is 32.2. The Hall–Kier alpha value is -3.69. The van der Waals surface area contributed by atoms with Crippen LogP contribution < -0.4 is 10.0 Å². The van der Waals surface area contributed by atoms with Gasteiger partial charge in [-0.15, -0.1) is 11.8 Å². The first-order valence-electron chi connectivity index (χ1n) is 10.2. The van der Waals surface area contributed by atoms with Crippen LogP contribution in [0.15, 0.2) is 107 Å². The van der Waals surface area contributed by atoms with Crippen molar-refractivity contribution in [2.24, 2.45) is 0 Å². The molecular weight excluding hydrogens is 473 g/mol. The van der Waals surface area contributed by atoms with Gasteiger partial charge in [0.05, 0.1) is 15.6 Å². The maximum Gasteiger partial charge on any atom is 0.261 e. The fraction of sp³-hybridized carbons (Fsp3) is 0.0400. The molecular formula is C25H20FN3O3S2. The number of hydrogen-bond donors (Lipinski definition) is 2. The summed E-state index contributed by atoms with van der Waals surface area (Å²) in [7, 11) is -4.00. The Morgan fingerprint density at radius 2 is 1.68 bits per heavy atom. The number of carbonyl (C=O) groups is 1. The minimum Gasteiger partial charge on any atom is -0.322 e. The number of nitrogens with one attached hydrogen (secondary N) is 2. The first-order chi connectivity index (χ1) is 16.4. The van der Waals surface area contributed by atoms with Gasteiger partial charge in [0.1, 0.15) is 5.82 Å². The molecule has 0 unspecified atom stereocenters. The summed E-state index contributed by atoms with van der Waals surface area (Å²) in [6, 6.07) is 24.1. The van der Waals surface area contributed by atoms with E-state index in [4.69, 9.17) is 0 Å². The van der Waals surface area contributed by atoms with Crippen molar-refractivity contribution in [1.29, 1.82) is 0 Å². The van der Waals surface area contributed by atoms with Gasteiger partial charge >= 0.3 is 0 Å². The van der Waals surface area contributed by atoms with Crippen molar-refractivity contribution < 1.29 is 17.6 Å². The molecule has 34 heavy (non-hydrogen) atoms. The van der Waals surface area contributed by atoms with Crippen LogP contribution in [0.25, 0.3) is 0 Å². The lowest BCUT2D eigenvalue weighted by atomic mass is 10.2. The molecule has 9 heteroatoms. The highest BCUT2D eigenvalue weighted by Gasteiger charge is 2.17. The Bertz CT molecular complexity index is 1400. The quantitative estimate of drug-likeness (QED) is 0.314. The van der Waals surface area contributed by atoms with Gasteiger partial charge < -0.3 is 5.32 Å². The molecule has 1 aromatic heterocycles. The summed E-state index contributed by atoms with van der Waals surface area (Å²) in [5, 5.41) is 3.74. The number of nitrogens with zero attached hydrogens (tertiary/aromatic N) is 1. The monoisotopic (exact) mass is 493 g/mol. The summed E-state index contributed by atoms with van der Waals surface area (Å²) in [6.45, 7) is 0. The molecule has 0 atom stereocenters. The minimum absolute atomic E-state index is 0.0825. The summed E-state index contributed by atoms with van der Waals surface area (Å²) in [5.74, 6) is -0.356. The van der Waals surface area contributed by atoms with E-state index in [0.717, 1.165) is 16.7 Å². The van der Waals surface area contributed by atoms with E-state index in [1.54, 1.807) is 24.0 Å². The third kappa shape index (κ3) is 6.00. The smallest absolute Gasteiger partial charge is 0.261 e. The number of hydrogen-bond acceptors (Lipinski definition) is 5.